The number of nitrogens with one attached hydrogen (secondary N) is 2. The number of hydrogen-bond donors (Lipinski definition) is 2. The molecule has 1 amide bonds. The van der Waals surface area contributed by atoms with Crippen molar-refractivity contribution in [3.63, 3.8) is 0 Å². The molecule has 2 aliphatic rings. The van der Waals surface area contributed by atoms with E-state index in [0.717, 1.165) is 30.8 Å². The molecule has 6 nitrogen and oxygen atoms in total. The molecule has 0 spiro atoms. The minimum Gasteiger partial charge on any atom is -0.490 e. The normalized spacial score (nSPS) is 21.3. The molecule has 1 atom stereocenters. The second kappa shape index (κ2) is 6.59. The molecule has 2 aliphatic heterocycles. The van der Waals surface area contributed by atoms with E-state index in [1.165, 1.54) is 0 Å². The van der Waals surface area contributed by atoms with Gasteiger partial charge in [-0.15, -0.1) is 0 Å². The van der Waals surface area contributed by atoms with Crippen molar-refractivity contribution in [2.75, 3.05) is 38.1 Å². The first-order chi connectivity index (χ1) is 11.8. The average Bonchev–Trinajstić information content (AvgIpc) is 2.68. The first-order valence-corrected chi connectivity index (χ1v) is 8.21. The number of nitrogens with zero attached hydrogens (tertiary/aromatic N) is 2. The van der Waals surface area contributed by atoms with Gasteiger partial charge in [0.25, 0.3) is 0 Å². The van der Waals surface area contributed by atoms with Gasteiger partial charge in [0.2, 0.25) is 5.91 Å². The van der Waals surface area contributed by atoms with Crippen molar-refractivity contribution in [2.45, 2.75) is 6.04 Å². The Morgan fingerprint density at radius 3 is 3.08 bits per heavy atom. The molecule has 2 aromatic rings. The predicted molar refractivity (Wildman–Crippen MR) is 92.0 cm³/mol. The molecular weight excluding hydrogens is 304 g/mol. The van der Waals surface area contributed by atoms with Crippen molar-refractivity contribution in [1.29, 1.82) is 0 Å². The van der Waals surface area contributed by atoms with Crippen LogP contribution >= 0.6 is 0 Å². The summed E-state index contributed by atoms with van der Waals surface area (Å²) in [6, 6.07) is 9.98. The van der Waals surface area contributed by atoms with Gasteiger partial charge in [0, 0.05) is 37.6 Å². The zero-order valence-electron chi connectivity index (χ0n) is 13.4. The third-order valence-corrected chi connectivity index (χ3v) is 4.50. The third kappa shape index (κ3) is 3.11. The minimum absolute atomic E-state index is 0.00279. The molecule has 6 heteroatoms. The summed E-state index contributed by atoms with van der Waals surface area (Å²) in [5.41, 5.74) is 2.73. The van der Waals surface area contributed by atoms with E-state index in [1.54, 1.807) is 6.20 Å². The molecule has 124 valence electrons. The van der Waals surface area contributed by atoms with Gasteiger partial charge in [-0.05, 0) is 23.8 Å². The lowest BCUT2D eigenvalue weighted by Gasteiger charge is -2.34. The van der Waals surface area contributed by atoms with E-state index in [4.69, 9.17) is 4.74 Å². The van der Waals surface area contributed by atoms with Gasteiger partial charge in [0.1, 0.15) is 12.4 Å². The maximum absolute atomic E-state index is 12.4. The van der Waals surface area contributed by atoms with Gasteiger partial charge in [0.15, 0.2) is 0 Å². The second-order valence-electron chi connectivity index (χ2n) is 6.14. The first-order valence-electron chi connectivity index (χ1n) is 8.21. The number of hydrogen-bond acceptors (Lipinski definition) is 5. The number of pyridine rings is 1. The Kier molecular flexibility index (Phi) is 4.15. The number of benzene rings is 1. The topological polar surface area (TPSA) is 66.5 Å². The van der Waals surface area contributed by atoms with E-state index >= 15 is 0 Å². The largest absolute Gasteiger partial charge is 0.490 e. The molecule has 24 heavy (non-hydrogen) atoms. The monoisotopic (exact) mass is 324 g/mol. The number of carbonyl (C=O) groups excluding carboxylic acids is 1. The smallest absolute Gasteiger partial charge is 0.238 e. The molecule has 1 aromatic carbocycles. The van der Waals surface area contributed by atoms with Crippen LogP contribution < -0.4 is 15.4 Å². The second-order valence-corrected chi connectivity index (χ2v) is 6.14. The number of aromatic nitrogens is 1. The molecule has 1 fully saturated rings. The quantitative estimate of drug-likeness (QED) is 0.829. The minimum atomic E-state index is -0.00279. The lowest BCUT2D eigenvalue weighted by atomic mass is 10.1. The lowest BCUT2D eigenvalue weighted by Crippen LogP contribution is -2.55. The van der Waals surface area contributed by atoms with Crippen LogP contribution in [0.5, 0.6) is 5.75 Å². The molecule has 2 N–H and O–H groups in total. The fourth-order valence-corrected chi connectivity index (χ4v) is 3.20. The number of rotatable bonds is 1. The van der Waals surface area contributed by atoms with Crippen LogP contribution in [0.2, 0.25) is 0 Å². The number of ether oxygens (including phenoxy) is 1. The average molecular weight is 324 g/mol. The van der Waals surface area contributed by atoms with Crippen LogP contribution in [0.15, 0.2) is 42.7 Å². The summed E-state index contributed by atoms with van der Waals surface area (Å²) in [6.45, 7) is 3.57. The summed E-state index contributed by atoms with van der Waals surface area (Å²) in [4.78, 5) is 18.7. The van der Waals surface area contributed by atoms with Crippen LogP contribution in [0.3, 0.4) is 0 Å². The summed E-state index contributed by atoms with van der Waals surface area (Å²) in [6.07, 6.45) is 3.56. The van der Waals surface area contributed by atoms with Crippen molar-refractivity contribution in [1.82, 2.24) is 15.2 Å². The number of piperazine rings is 1. The number of fused-ring (bicyclic) bond motifs is 2. The first kappa shape index (κ1) is 15.1. The van der Waals surface area contributed by atoms with Crippen LogP contribution in [-0.2, 0) is 4.79 Å². The van der Waals surface area contributed by atoms with Crippen molar-refractivity contribution >= 4 is 11.6 Å². The summed E-state index contributed by atoms with van der Waals surface area (Å²) < 4.78 is 6.01. The van der Waals surface area contributed by atoms with Crippen molar-refractivity contribution < 1.29 is 9.53 Å². The fraction of sp³-hybridized carbons (Fsp3) is 0.333. The van der Waals surface area contributed by atoms with E-state index in [-0.39, 0.29) is 11.9 Å². The molecule has 1 saturated heterocycles. The highest BCUT2D eigenvalue weighted by Crippen LogP contribution is 2.31. The third-order valence-electron chi connectivity index (χ3n) is 4.50. The molecule has 4 rings (SSSR count). The Labute approximate surface area is 140 Å². The fourth-order valence-electron chi connectivity index (χ4n) is 3.20. The van der Waals surface area contributed by atoms with Gasteiger partial charge in [0.05, 0.1) is 18.3 Å². The van der Waals surface area contributed by atoms with Gasteiger partial charge < -0.3 is 15.4 Å². The van der Waals surface area contributed by atoms with E-state index in [2.05, 4.69) is 20.5 Å². The van der Waals surface area contributed by atoms with E-state index in [1.807, 2.05) is 36.5 Å². The highest BCUT2D eigenvalue weighted by Gasteiger charge is 2.27. The highest BCUT2D eigenvalue weighted by atomic mass is 16.5. The van der Waals surface area contributed by atoms with Gasteiger partial charge in [-0.3, -0.25) is 14.7 Å². The molecule has 3 heterocycles. The summed E-state index contributed by atoms with van der Waals surface area (Å²) in [5.74, 6) is 0.709. The Bertz CT molecular complexity index is 735. The van der Waals surface area contributed by atoms with Gasteiger partial charge in [-0.1, -0.05) is 12.1 Å². The molecule has 0 aliphatic carbocycles. The summed E-state index contributed by atoms with van der Waals surface area (Å²) in [7, 11) is 0. The van der Waals surface area contributed by atoms with Crippen LogP contribution in [0.1, 0.15) is 0 Å². The van der Waals surface area contributed by atoms with E-state index in [0.29, 0.717) is 24.6 Å². The molecule has 1 aromatic heterocycles. The Hall–Kier alpha value is -2.44. The van der Waals surface area contributed by atoms with Gasteiger partial charge in [-0.25, -0.2) is 0 Å². The Morgan fingerprint density at radius 1 is 1.25 bits per heavy atom. The van der Waals surface area contributed by atoms with Crippen LogP contribution in [-0.4, -0.2) is 54.6 Å². The van der Waals surface area contributed by atoms with Crippen molar-refractivity contribution in [3.8, 4) is 16.9 Å². The maximum atomic E-state index is 12.4. The molecular formula is C18H20N4O2. The Morgan fingerprint density at radius 2 is 2.21 bits per heavy atom. The van der Waals surface area contributed by atoms with Crippen LogP contribution in [0.25, 0.3) is 11.1 Å². The highest BCUT2D eigenvalue weighted by molar-refractivity contribution is 5.94. The van der Waals surface area contributed by atoms with Gasteiger partial charge >= 0.3 is 0 Å². The standard InChI is InChI=1S/C18H20N4O2/c23-18-11-22-7-6-20-10-15(22)12-24-17-4-3-13(8-16(17)21-18)14-2-1-5-19-9-14/h1-5,8-9,15,20H,6-7,10-12H2,(H,21,23)/t15-/m0/s1. The van der Waals surface area contributed by atoms with Crippen molar-refractivity contribution in [3.05, 3.63) is 42.7 Å². The van der Waals surface area contributed by atoms with Crippen LogP contribution in [0.4, 0.5) is 5.69 Å². The summed E-state index contributed by atoms with van der Waals surface area (Å²) in [5, 5.41) is 6.36. The molecule has 0 unspecified atom stereocenters. The Balaban J connectivity index is 1.64. The zero-order chi connectivity index (χ0) is 16.4. The SMILES string of the molecule is O=C1CN2CCNC[C@H]2COc2ccc(-c3cccnc3)cc2N1. The van der Waals surface area contributed by atoms with Crippen molar-refractivity contribution in [2.24, 2.45) is 0 Å². The zero-order valence-corrected chi connectivity index (χ0v) is 13.4. The predicted octanol–water partition coefficient (Wildman–Crippen LogP) is 1.35. The van der Waals surface area contributed by atoms with Gasteiger partial charge in [-0.2, -0.15) is 0 Å². The maximum Gasteiger partial charge on any atom is 0.238 e. The summed E-state index contributed by atoms with van der Waals surface area (Å²) >= 11 is 0. The molecule has 0 radical (unpaired) electrons. The lowest BCUT2D eigenvalue weighted by molar-refractivity contribution is -0.118. The van der Waals surface area contributed by atoms with Crippen LogP contribution in [0, 0.1) is 0 Å². The number of anilines is 1. The van der Waals surface area contributed by atoms with E-state index in [9.17, 15) is 4.79 Å². The number of amides is 1. The molecule has 0 bridgehead atoms. The number of carbonyl (C=O) groups is 1. The molecule has 0 saturated carbocycles. The van der Waals surface area contributed by atoms with E-state index < -0.39 is 0 Å².